The molecule has 138 valence electrons. The van der Waals surface area contributed by atoms with Crippen molar-refractivity contribution in [2.45, 2.75) is 26.3 Å². The normalized spacial score (nSPS) is 11.3. The van der Waals surface area contributed by atoms with Gasteiger partial charge >= 0.3 is 0 Å². The minimum absolute atomic E-state index is 0.00538. The molecule has 0 aliphatic rings. The molecule has 4 aromatic rings. The van der Waals surface area contributed by atoms with Gasteiger partial charge < -0.3 is 14.8 Å². The molecule has 0 fully saturated rings. The third-order valence-corrected chi connectivity index (χ3v) is 5.17. The van der Waals surface area contributed by atoms with E-state index in [0.29, 0.717) is 15.9 Å². The molecule has 0 aliphatic heterocycles. The first-order chi connectivity index (χ1) is 13.1. The van der Waals surface area contributed by atoms with E-state index in [2.05, 4.69) is 40.0 Å². The predicted octanol–water partition coefficient (Wildman–Crippen LogP) is 5.57. The average Bonchev–Trinajstić information content (AvgIpc) is 3.23. The summed E-state index contributed by atoms with van der Waals surface area (Å²) >= 11 is 5.54. The van der Waals surface area contributed by atoms with Gasteiger partial charge in [-0.3, -0.25) is 10.2 Å². The fraction of sp³-hybridized carbons (Fsp3) is 0.190. The Bertz CT molecular complexity index is 1170. The molecule has 0 bridgehead atoms. The number of nitrogens with one attached hydrogen (secondary N) is 2. The lowest BCUT2D eigenvalue weighted by Gasteiger charge is -2.09. The van der Waals surface area contributed by atoms with Crippen molar-refractivity contribution in [3.8, 4) is 33.9 Å². The van der Waals surface area contributed by atoms with Crippen LogP contribution in [0.3, 0.4) is 0 Å². The molecule has 2 heterocycles. The summed E-state index contributed by atoms with van der Waals surface area (Å²) < 4.78 is 2.84. The van der Waals surface area contributed by atoms with Crippen LogP contribution in [0.4, 0.5) is 0 Å². The average molecular weight is 379 g/mol. The molecule has 2 aromatic heterocycles. The van der Waals surface area contributed by atoms with Crippen molar-refractivity contribution in [1.82, 2.24) is 14.8 Å². The van der Waals surface area contributed by atoms with E-state index in [9.17, 15) is 10.2 Å². The molecule has 6 heteroatoms. The maximum atomic E-state index is 10.3. The van der Waals surface area contributed by atoms with Gasteiger partial charge in [-0.05, 0) is 36.2 Å². The highest BCUT2D eigenvalue weighted by molar-refractivity contribution is 7.71. The Kier molecular flexibility index (Phi) is 4.49. The van der Waals surface area contributed by atoms with Gasteiger partial charge in [-0.2, -0.15) is 0 Å². The Balaban J connectivity index is 1.91. The summed E-state index contributed by atoms with van der Waals surface area (Å²) in [5.74, 6) is 0.0104. The first-order valence-electron chi connectivity index (χ1n) is 9.01. The Morgan fingerprint density at radius 1 is 1.04 bits per heavy atom. The van der Waals surface area contributed by atoms with Crippen molar-refractivity contribution in [2.24, 2.45) is 0 Å². The number of aromatic hydroxyl groups is 2. The van der Waals surface area contributed by atoms with Crippen LogP contribution in [0.2, 0.25) is 0 Å². The number of aromatic nitrogens is 3. The Morgan fingerprint density at radius 2 is 1.89 bits per heavy atom. The summed E-state index contributed by atoms with van der Waals surface area (Å²) in [7, 11) is 0. The SMILES string of the molecule is CCCCn1ccc2c(-c3c(-c4ccc(O)cc4O)[nH][nH]c3=S)cccc21. The second-order valence-corrected chi connectivity index (χ2v) is 7.04. The zero-order valence-electron chi connectivity index (χ0n) is 15.0. The van der Waals surface area contributed by atoms with Crippen LogP contribution in [0.5, 0.6) is 11.5 Å². The first-order valence-corrected chi connectivity index (χ1v) is 9.42. The standard InChI is InChI=1S/C21H21N3O2S/c1-2-3-10-24-11-9-14-15(5-4-6-17(14)24)19-20(22-23-21(19)27)16-8-7-13(25)12-18(16)26/h4-9,11-12,25-26H,2-3,10H2,1H3,(H2,22,23,27). The Labute approximate surface area is 161 Å². The lowest BCUT2D eigenvalue weighted by molar-refractivity contribution is 0.452. The zero-order chi connectivity index (χ0) is 19.0. The second-order valence-electron chi connectivity index (χ2n) is 6.63. The van der Waals surface area contributed by atoms with Crippen molar-refractivity contribution in [1.29, 1.82) is 0 Å². The third kappa shape index (κ3) is 3.02. The summed E-state index contributed by atoms with van der Waals surface area (Å²) in [5.41, 5.74) is 4.29. The van der Waals surface area contributed by atoms with Crippen molar-refractivity contribution in [3.63, 3.8) is 0 Å². The molecule has 2 aromatic carbocycles. The lowest BCUT2D eigenvalue weighted by atomic mass is 9.98. The highest BCUT2D eigenvalue weighted by Crippen LogP contribution is 2.40. The van der Waals surface area contributed by atoms with Gasteiger partial charge in [0.25, 0.3) is 0 Å². The minimum atomic E-state index is -0.00538. The molecule has 0 amide bonds. The van der Waals surface area contributed by atoms with Crippen LogP contribution < -0.4 is 0 Å². The molecule has 0 saturated heterocycles. The number of nitrogens with zero attached hydrogens (tertiary/aromatic N) is 1. The fourth-order valence-electron chi connectivity index (χ4n) is 3.51. The number of unbranched alkanes of at least 4 members (excludes halogenated alkanes) is 1. The highest BCUT2D eigenvalue weighted by Gasteiger charge is 2.18. The number of hydrogen-bond acceptors (Lipinski definition) is 3. The van der Waals surface area contributed by atoms with Gasteiger partial charge in [0.2, 0.25) is 0 Å². The number of phenols is 2. The van der Waals surface area contributed by atoms with Gasteiger partial charge in [0.1, 0.15) is 16.1 Å². The second kappa shape index (κ2) is 6.96. The molecular weight excluding hydrogens is 358 g/mol. The summed E-state index contributed by atoms with van der Waals surface area (Å²) in [6.07, 6.45) is 4.39. The molecule has 0 radical (unpaired) electrons. The van der Waals surface area contributed by atoms with Crippen LogP contribution in [-0.4, -0.2) is 25.0 Å². The zero-order valence-corrected chi connectivity index (χ0v) is 15.8. The summed E-state index contributed by atoms with van der Waals surface area (Å²) in [6, 6.07) is 12.8. The summed E-state index contributed by atoms with van der Waals surface area (Å²) in [5, 5.41) is 27.1. The summed E-state index contributed by atoms with van der Waals surface area (Å²) in [4.78, 5) is 0. The number of aryl methyl sites for hydroxylation is 1. The van der Waals surface area contributed by atoms with Crippen molar-refractivity contribution in [3.05, 3.63) is 53.3 Å². The monoisotopic (exact) mass is 379 g/mol. The number of phenolic OH excluding ortho intramolecular Hbond substituents is 2. The van der Waals surface area contributed by atoms with Gasteiger partial charge in [0.05, 0.1) is 5.69 Å². The number of rotatable bonds is 5. The van der Waals surface area contributed by atoms with E-state index in [1.165, 1.54) is 6.07 Å². The molecule has 0 spiro atoms. The predicted molar refractivity (Wildman–Crippen MR) is 111 cm³/mol. The Hall–Kier alpha value is -2.99. The molecule has 27 heavy (non-hydrogen) atoms. The number of aromatic amines is 2. The van der Waals surface area contributed by atoms with Gasteiger partial charge in [-0.25, -0.2) is 0 Å². The number of fused-ring (bicyclic) bond motifs is 1. The van der Waals surface area contributed by atoms with E-state index < -0.39 is 0 Å². The van der Waals surface area contributed by atoms with Crippen molar-refractivity contribution < 1.29 is 10.2 Å². The van der Waals surface area contributed by atoms with Crippen LogP contribution in [0.15, 0.2) is 48.7 Å². The summed E-state index contributed by atoms with van der Waals surface area (Å²) in [6.45, 7) is 3.17. The van der Waals surface area contributed by atoms with Gasteiger partial charge in [0, 0.05) is 40.8 Å². The van der Waals surface area contributed by atoms with Gasteiger partial charge in [-0.15, -0.1) is 0 Å². The lowest BCUT2D eigenvalue weighted by Crippen LogP contribution is -1.95. The van der Waals surface area contributed by atoms with Crippen LogP contribution >= 0.6 is 12.2 Å². The Morgan fingerprint density at radius 3 is 2.67 bits per heavy atom. The first kappa shape index (κ1) is 17.4. The van der Waals surface area contributed by atoms with Crippen molar-refractivity contribution >= 4 is 23.1 Å². The van der Waals surface area contributed by atoms with Gasteiger partial charge in [-0.1, -0.05) is 37.7 Å². The molecule has 0 saturated carbocycles. The quantitative estimate of drug-likeness (QED) is 0.342. The molecule has 5 nitrogen and oxygen atoms in total. The molecule has 0 aliphatic carbocycles. The molecule has 0 atom stereocenters. The third-order valence-electron chi connectivity index (χ3n) is 4.86. The van der Waals surface area contributed by atoms with Crippen LogP contribution in [0.1, 0.15) is 19.8 Å². The van der Waals surface area contributed by atoms with Crippen LogP contribution in [0, 0.1) is 4.64 Å². The molecule has 4 rings (SSSR count). The van der Waals surface area contributed by atoms with E-state index in [0.717, 1.165) is 41.4 Å². The highest BCUT2D eigenvalue weighted by atomic mass is 32.1. The molecule has 4 N–H and O–H groups in total. The van der Waals surface area contributed by atoms with E-state index >= 15 is 0 Å². The van der Waals surface area contributed by atoms with Crippen LogP contribution in [-0.2, 0) is 6.54 Å². The fourth-order valence-corrected chi connectivity index (χ4v) is 3.78. The minimum Gasteiger partial charge on any atom is -0.508 e. The molecular formula is C21H21N3O2S. The number of hydrogen-bond donors (Lipinski definition) is 4. The topological polar surface area (TPSA) is 77.0 Å². The molecule has 0 unspecified atom stereocenters. The van der Waals surface area contributed by atoms with Crippen molar-refractivity contribution in [2.75, 3.05) is 0 Å². The van der Waals surface area contributed by atoms with Gasteiger partial charge in [0.15, 0.2) is 0 Å². The van der Waals surface area contributed by atoms with E-state index in [1.807, 2.05) is 12.1 Å². The maximum absolute atomic E-state index is 10.3. The van der Waals surface area contributed by atoms with E-state index in [4.69, 9.17) is 12.2 Å². The van der Waals surface area contributed by atoms with Crippen LogP contribution in [0.25, 0.3) is 33.3 Å². The van der Waals surface area contributed by atoms with E-state index in [-0.39, 0.29) is 11.5 Å². The van der Waals surface area contributed by atoms with E-state index in [1.54, 1.807) is 12.1 Å². The number of benzene rings is 2. The smallest absolute Gasteiger partial charge is 0.128 e. The number of H-pyrrole nitrogens is 2. The largest absolute Gasteiger partial charge is 0.508 e. The maximum Gasteiger partial charge on any atom is 0.128 e.